The summed E-state index contributed by atoms with van der Waals surface area (Å²) in [7, 11) is 3.04. The quantitative estimate of drug-likeness (QED) is 0.763. The predicted octanol–water partition coefficient (Wildman–Crippen LogP) is 2.75. The van der Waals surface area contributed by atoms with E-state index in [-0.39, 0.29) is 19.0 Å². The fourth-order valence-electron chi connectivity index (χ4n) is 2.12. The van der Waals surface area contributed by atoms with Gasteiger partial charge in [-0.1, -0.05) is 6.07 Å². The third-order valence-electron chi connectivity index (χ3n) is 3.41. The van der Waals surface area contributed by atoms with Gasteiger partial charge in [-0.3, -0.25) is 9.48 Å². The molecule has 6 nitrogen and oxygen atoms in total. The molecule has 0 radical (unpaired) electrons. The SMILES string of the molecule is COc1ccc(/C=C/C(=O)NCCn2ccc(C(F)(F)F)n2)cc1OC. The number of nitrogens with one attached hydrogen (secondary N) is 1. The van der Waals surface area contributed by atoms with Crippen LogP contribution in [-0.4, -0.2) is 36.5 Å². The van der Waals surface area contributed by atoms with Gasteiger partial charge in [-0.25, -0.2) is 0 Å². The van der Waals surface area contributed by atoms with Crippen molar-refractivity contribution in [3.63, 3.8) is 0 Å². The van der Waals surface area contributed by atoms with Gasteiger partial charge in [0.2, 0.25) is 5.91 Å². The van der Waals surface area contributed by atoms with Crippen LogP contribution in [0.15, 0.2) is 36.5 Å². The Kier molecular flexibility index (Phi) is 6.26. The lowest BCUT2D eigenvalue weighted by Gasteiger charge is -2.07. The van der Waals surface area contributed by atoms with Crippen molar-refractivity contribution in [3.05, 3.63) is 47.8 Å². The Hall–Kier alpha value is -2.97. The molecule has 0 fully saturated rings. The van der Waals surface area contributed by atoms with Crippen LogP contribution in [0, 0.1) is 0 Å². The molecule has 1 heterocycles. The minimum absolute atomic E-state index is 0.131. The second kappa shape index (κ2) is 8.41. The molecule has 0 bridgehead atoms. The van der Waals surface area contributed by atoms with Crippen molar-refractivity contribution >= 4 is 12.0 Å². The number of nitrogens with zero attached hydrogens (tertiary/aromatic N) is 2. The Bertz CT molecular complexity index is 785. The molecule has 1 aromatic carbocycles. The summed E-state index contributed by atoms with van der Waals surface area (Å²) in [6.07, 6.45) is -0.344. The number of carbonyl (C=O) groups is 1. The fourth-order valence-corrected chi connectivity index (χ4v) is 2.12. The molecule has 0 aliphatic rings. The van der Waals surface area contributed by atoms with Crippen molar-refractivity contribution in [1.29, 1.82) is 0 Å². The zero-order chi connectivity index (χ0) is 19.2. The predicted molar refractivity (Wildman–Crippen MR) is 88.8 cm³/mol. The zero-order valence-electron chi connectivity index (χ0n) is 14.2. The van der Waals surface area contributed by atoms with Crippen LogP contribution in [0.5, 0.6) is 11.5 Å². The number of alkyl halides is 3. The number of hydrogen-bond acceptors (Lipinski definition) is 4. The molecular formula is C17H18F3N3O3. The minimum atomic E-state index is -4.48. The number of carbonyl (C=O) groups excluding carboxylic acids is 1. The second-order valence-electron chi connectivity index (χ2n) is 5.20. The van der Waals surface area contributed by atoms with E-state index in [1.165, 1.54) is 26.5 Å². The highest BCUT2D eigenvalue weighted by Gasteiger charge is 2.33. The van der Waals surface area contributed by atoms with Gasteiger partial charge in [-0.2, -0.15) is 18.3 Å². The molecule has 0 aliphatic carbocycles. The number of aromatic nitrogens is 2. The van der Waals surface area contributed by atoms with E-state index in [9.17, 15) is 18.0 Å². The van der Waals surface area contributed by atoms with Crippen LogP contribution in [0.1, 0.15) is 11.3 Å². The molecule has 26 heavy (non-hydrogen) atoms. The van der Waals surface area contributed by atoms with E-state index in [1.54, 1.807) is 24.3 Å². The van der Waals surface area contributed by atoms with Crippen LogP contribution in [0.3, 0.4) is 0 Å². The van der Waals surface area contributed by atoms with Crippen LogP contribution < -0.4 is 14.8 Å². The molecule has 0 spiro atoms. The lowest BCUT2D eigenvalue weighted by Crippen LogP contribution is -2.25. The second-order valence-corrected chi connectivity index (χ2v) is 5.20. The maximum atomic E-state index is 12.4. The lowest BCUT2D eigenvalue weighted by atomic mass is 10.2. The summed E-state index contributed by atoms with van der Waals surface area (Å²) in [5.74, 6) is 0.740. The number of rotatable bonds is 7. The Morgan fingerprint density at radius 2 is 1.96 bits per heavy atom. The van der Waals surface area contributed by atoms with Gasteiger partial charge < -0.3 is 14.8 Å². The number of hydrogen-bond donors (Lipinski definition) is 1. The molecule has 0 aliphatic heterocycles. The van der Waals surface area contributed by atoms with Crippen molar-refractivity contribution in [2.45, 2.75) is 12.7 Å². The highest BCUT2D eigenvalue weighted by Crippen LogP contribution is 2.28. The molecule has 2 rings (SSSR count). The number of ether oxygens (including phenoxy) is 2. The number of halogens is 3. The summed E-state index contributed by atoms with van der Waals surface area (Å²) in [6, 6.07) is 6.07. The van der Waals surface area contributed by atoms with Gasteiger partial charge in [-0.15, -0.1) is 0 Å². The molecule has 140 valence electrons. The van der Waals surface area contributed by atoms with E-state index < -0.39 is 11.9 Å². The van der Waals surface area contributed by atoms with E-state index in [1.807, 2.05) is 0 Å². The van der Waals surface area contributed by atoms with Crippen molar-refractivity contribution in [1.82, 2.24) is 15.1 Å². The summed E-state index contributed by atoms with van der Waals surface area (Å²) in [5.41, 5.74) is -0.225. The van der Waals surface area contributed by atoms with Crippen molar-refractivity contribution in [2.75, 3.05) is 20.8 Å². The molecule has 0 saturated carbocycles. The molecule has 0 atom stereocenters. The molecule has 1 aromatic heterocycles. The van der Waals surface area contributed by atoms with E-state index >= 15 is 0 Å². The molecule has 9 heteroatoms. The van der Waals surface area contributed by atoms with Crippen molar-refractivity contribution in [2.24, 2.45) is 0 Å². The van der Waals surface area contributed by atoms with Crippen molar-refractivity contribution < 1.29 is 27.4 Å². The Balaban J connectivity index is 1.85. The third kappa shape index (κ3) is 5.27. The van der Waals surface area contributed by atoms with Crippen LogP contribution in [0.2, 0.25) is 0 Å². The summed E-state index contributed by atoms with van der Waals surface area (Å²) in [5, 5.41) is 5.98. The van der Waals surface area contributed by atoms with Crippen LogP contribution >= 0.6 is 0 Å². The van der Waals surface area contributed by atoms with Gasteiger partial charge in [-0.05, 0) is 29.8 Å². The van der Waals surface area contributed by atoms with E-state index in [4.69, 9.17) is 9.47 Å². The first kappa shape index (κ1) is 19.4. The van der Waals surface area contributed by atoms with Gasteiger partial charge in [0.05, 0.1) is 20.8 Å². The molecular weight excluding hydrogens is 351 g/mol. The first-order valence-electron chi connectivity index (χ1n) is 7.62. The van der Waals surface area contributed by atoms with Gasteiger partial charge in [0.25, 0.3) is 0 Å². The maximum absolute atomic E-state index is 12.4. The lowest BCUT2D eigenvalue weighted by molar-refractivity contribution is -0.141. The molecule has 2 aromatic rings. The van der Waals surface area contributed by atoms with Crippen LogP contribution in [0.4, 0.5) is 13.2 Å². The number of benzene rings is 1. The highest BCUT2D eigenvalue weighted by atomic mass is 19.4. The third-order valence-corrected chi connectivity index (χ3v) is 3.41. The monoisotopic (exact) mass is 369 g/mol. The number of amides is 1. The van der Waals surface area contributed by atoms with Gasteiger partial charge in [0, 0.05) is 18.8 Å². The highest BCUT2D eigenvalue weighted by molar-refractivity contribution is 5.91. The molecule has 1 amide bonds. The minimum Gasteiger partial charge on any atom is -0.493 e. The fraction of sp³-hybridized carbons (Fsp3) is 0.294. The Morgan fingerprint density at radius 1 is 1.23 bits per heavy atom. The molecule has 0 unspecified atom stereocenters. The average Bonchev–Trinajstić information content (AvgIpc) is 3.09. The Morgan fingerprint density at radius 3 is 2.58 bits per heavy atom. The molecule has 1 N–H and O–H groups in total. The topological polar surface area (TPSA) is 65.4 Å². The van der Waals surface area contributed by atoms with E-state index in [0.717, 1.165) is 16.3 Å². The summed E-state index contributed by atoms with van der Waals surface area (Å²) >= 11 is 0. The van der Waals surface area contributed by atoms with Gasteiger partial charge in [0.15, 0.2) is 17.2 Å². The first-order valence-corrected chi connectivity index (χ1v) is 7.62. The summed E-state index contributed by atoms with van der Waals surface area (Å²) < 4.78 is 48.8. The zero-order valence-corrected chi connectivity index (χ0v) is 14.2. The van der Waals surface area contributed by atoms with Crippen molar-refractivity contribution in [3.8, 4) is 11.5 Å². The summed E-state index contributed by atoms with van der Waals surface area (Å²) in [4.78, 5) is 11.8. The number of methoxy groups -OCH3 is 2. The standard InChI is InChI=1S/C17H18F3N3O3/c1-25-13-5-3-12(11-14(13)26-2)4-6-16(24)21-8-10-23-9-7-15(22-23)17(18,19)20/h3-7,9,11H,8,10H2,1-2H3,(H,21,24)/b6-4+. The van der Waals surface area contributed by atoms with E-state index in [2.05, 4.69) is 10.4 Å². The van der Waals surface area contributed by atoms with E-state index in [0.29, 0.717) is 11.5 Å². The maximum Gasteiger partial charge on any atom is 0.435 e. The average molecular weight is 369 g/mol. The molecule has 0 saturated heterocycles. The Labute approximate surface area is 148 Å². The van der Waals surface area contributed by atoms with Crippen LogP contribution in [-0.2, 0) is 17.5 Å². The van der Waals surface area contributed by atoms with Gasteiger partial charge in [0.1, 0.15) is 0 Å². The first-order chi connectivity index (χ1) is 12.3. The van der Waals surface area contributed by atoms with Crippen LogP contribution in [0.25, 0.3) is 6.08 Å². The largest absolute Gasteiger partial charge is 0.493 e. The smallest absolute Gasteiger partial charge is 0.435 e. The normalized spacial score (nSPS) is 11.6. The van der Waals surface area contributed by atoms with Gasteiger partial charge >= 0.3 is 6.18 Å². The summed E-state index contributed by atoms with van der Waals surface area (Å²) in [6.45, 7) is 0.278.